The second-order valence-electron chi connectivity index (χ2n) is 6.18. The highest BCUT2D eigenvalue weighted by atomic mass is 16.5. The zero-order chi connectivity index (χ0) is 14.5. The molecule has 1 fully saturated rings. The molecule has 1 aliphatic heterocycles. The maximum Gasteiger partial charge on any atom is 0.0635 e. The fourth-order valence-corrected chi connectivity index (χ4v) is 2.59. The molecule has 3 nitrogen and oxygen atoms in total. The van der Waals surface area contributed by atoms with Crippen LogP contribution in [0, 0.1) is 13.8 Å². The molecular weight excluding hydrogens is 248 g/mol. The fourth-order valence-electron chi connectivity index (χ4n) is 2.59. The van der Waals surface area contributed by atoms with E-state index in [4.69, 9.17) is 4.74 Å². The summed E-state index contributed by atoms with van der Waals surface area (Å²) in [5.74, 6) is 0. The molecule has 1 saturated heterocycles. The van der Waals surface area contributed by atoms with Crippen LogP contribution in [0.4, 0.5) is 0 Å². The number of nitrogens with zero attached hydrogens (tertiary/aromatic N) is 1. The minimum atomic E-state index is 0.479. The van der Waals surface area contributed by atoms with Gasteiger partial charge in [0, 0.05) is 31.7 Å². The van der Waals surface area contributed by atoms with Gasteiger partial charge in [0.2, 0.25) is 0 Å². The van der Waals surface area contributed by atoms with Gasteiger partial charge in [-0.1, -0.05) is 32.0 Å². The molecule has 112 valence electrons. The van der Waals surface area contributed by atoms with Crippen molar-refractivity contribution >= 4 is 0 Å². The minimum absolute atomic E-state index is 0.479. The van der Waals surface area contributed by atoms with Crippen LogP contribution >= 0.6 is 0 Å². The van der Waals surface area contributed by atoms with Crippen LogP contribution in [0.5, 0.6) is 0 Å². The Morgan fingerprint density at radius 3 is 2.80 bits per heavy atom. The molecule has 0 radical (unpaired) electrons. The largest absolute Gasteiger partial charge is 0.378 e. The van der Waals surface area contributed by atoms with E-state index >= 15 is 0 Å². The van der Waals surface area contributed by atoms with Crippen molar-refractivity contribution in [2.24, 2.45) is 0 Å². The van der Waals surface area contributed by atoms with Gasteiger partial charge in [-0.05, 0) is 30.5 Å². The van der Waals surface area contributed by atoms with E-state index in [-0.39, 0.29) is 0 Å². The lowest BCUT2D eigenvalue weighted by Gasteiger charge is -2.36. The molecule has 1 atom stereocenters. The quantitative estimate of drug-likeness (QED) is 0.894. The van der Waals surface area contributed by atoms with Crippen LogP contribution in [0.3, 0.4) is 0 Å². The monoisotopic (exact) mass is 276 g/mol. The van der Waals surface area contributed by atoms with E-state index in [0.717, 1.165) is 32.8 Å². The normalized spacial score (nSPS) is 20.6. The lowest BCUT2D eigenvalue weighted by atomic mass is 10.1. The summed E-state index contributed by atoms with van der Waals surface area (Å²) in [5.41, 5.74) is 4.16. The van der Waals surface area contributed by atoms with Gasteiger partial charge in [-0.15, -0.1) is 0 Å². The number of morpholine rings is 1. The maximum atomic E-state index is 5.64. The average Bonchev–Trinajstić information content (AvgIpc) is 2.42. The van der Waals surface area contributed by atoms with E-state index in [9.17, 15) is 0 Å². The third-order valence-electron chi connectivity index (χ3n) is 4.07. The van der Waals surface area contributed by atoms with Crippen LogP contribution in [0.2, 0.25) is 0 Å². The number of ether oxygens (including phenoxy) is 1. The number of benzene rings is 1. The molecule has 1 aromatic carbocycles. The highest BCUT2D eigenvalue weighted by molar-refractivity contribution is 5.29. The Hall–Kier alpha value is -0.900. The molecule has 1 aromatic rings. The Labute approximate surface area is 123 Å². The van der Waals surface area contributed by atoms with Crippen LogP contribution in [0.15, 0.2) is 18.2 Å². The van der Waals surface area contributed by atoms with Gasteiger partial charge in [0.15, 0.2) is 0 Å². The zero-order valence-electron chi connectivity index (χ0n) is 13.3. The maximum absolute atomic E-state index is 5.64. The summed E-state index contributed by atoms with van der Waals surface area (Å²) in [6.45, 7) is 13.5. The number of hydrogen-bond acceptors (Lipinski definition) is 3. The lowest BCUT2D eigenvalue weighted by Crippen LogP contribution is -2.50. The van der Waals surface area contributed by atoms with E-state index < -0.39 is 0 Å². The first-order valence-corrected chi connectivity index (χ1v) is 7.67. The molecule has 1 aliphatic rings. The van der Waals surface area contributed by atoms with Gasteiger partial charge >= 0.3 is 0 Å². The zero-order valence-corrected chi connectivity index (χ0v) is 13.3. The Morgan fingerprint density at radius 2 is 2.10 bits per heavy atom. The molecule has 20 heavy (non-hydrogen) atoms. The van der Waals surface area contributed by atoms with E-state index in [1.165, 1.54) is 16.7 Å². The van der Waals surface area contributed by atoms with Gasteiger partial charge in [-0.2, -0.15) is 0 Å². The standard InChI is InChI=1S/C17H28N2O/c1-13(2)18-10-17-12-20-8-7-19(17)11-16-6-5-14(3)15(4)9-16/h5-6,9,13,17-18H,7-8,10-12H2,1-4H3. The Morgan fingerprint density at radius 1 is 1.30 bits per heavy atom. The van der Waals surface area contributed by atoms with Crippen molar-refractivity contribution in [3.63, 3.8) is 0 Å². The van der Waals surface area contributed by atoms with E-state index in [0.29, 0.717) is 12.1 Å². The summed E-state index contributed by atoms with van der Waals surface area (Å²) in [7, 11) is 0. The third-order valence-corrected chi connectivity index (χ3v) is 4.07. The molecule has 0 amide bonds. The Balaban J connectivity index is 1.98. The first-order valence-electron chi connectivity index (χ1n) is 7.67. The van der Waals surface area contributed by atoms with Crippen molar-refractivity contribution in [3.05, 3.63) is 34.9 Å². The molecule has 0 aromatic heterocycles. The van der Waals surface area contributed by atoms with Crippen LogP contribution in [-0.2, 0) is 11.3 Å². The second-order valence-corrected chi connectivity index (χ2v) is 6.18. The summed E-state index contributed by atoms with van der Waals surface area (Å²) in [6.07, 6.45) is 0. The Kier molecular flexibility index (Phi) is 5.58. The van der Waals surface area contributed by atoms with E-state index in [1.807, 2.05) is 0 Å². The van der Waals surface area contributed by atoms with Gasteiger partial charge in [-0.25, -0.2) is 0 Å². The van der Waals surface area contributed by atoms with Gasteiger partial charge in [0.05, 0.1) is 13.2 Å². The molecule has 2 rings (SSSR count). The van der Waals surface area contributed by atoms with Crippen molar-refractivity contribution in [1.29, 1.82) is 0 Å². The van der Waals surface area contributed by atoms with Gasteiger partial charge in [0.25, 0.3) is 0 Å². The summed E-state index contributed by atoms with van der Waals surface area (Å²) >= 11 is 0. The van der Waals surface area contributed by atoms with Crippen LogP contribution in [-0.4, -0.2) is 43.3 Å². The SMILES string of the molecule is Cc1ccc(CN2CCOCC2CNC(C)C)cc1C. The number of aryl methyl sites for hydroxylation is 2. The third kappa shape index (κ3) is 4.30. The molecule has 0 saturated carbocycles. The molecule has 3 heteroatoms. The molecule has 0 spiro atoms. The number of hydrogen-bond donors (Lipinski definition) is 1. The number of nitrogens with one attached hydrogen (secondary N) is 1. The van der Waals surface area contributed by atoms with Gasteiger partial charge < -0.3 is 10.1 Å². The first-order chi connectivity index (χ1) is 9.56. The summed E-state index contributed by atoms with van der Waals surface area (Å²) in [5, 5.41) is 3.53. The molecular formula is C17H28N2O. The second kappa shape index (κ2) is 7.21. The predicted octanol–water partition coefficient (Wildman–Crippen LogP) is 2.50. The average molecular weight is 276 g/mol. The molecule has 1 N–H and O–H groups in total. The summed E-state index contributed by atoms with van der Waals surface area (Å²) < 4.78 is 5.64. The molecule has 0 bridgehead atoms. The highest BCUT2D eigenvalue weighted by Gasteiger charge is 2.23. The number of rotatable bonds is 5. The highest BCUT2D eigenvalue weighted by Crippen LogP contribution is 2.15. The Bertz CT molecular complexity index is 431. The summed E-state index contributed by atoms with van der Waals surface area (Å²) in [4.78, 5) is 2.54. The predicted molar refractivity (Wildman–Crippen MR) is 84.1 cm³/mol. The van der Waals surface area contributed by atoms with Crippen LogP contribution in [0.25, 0.3) is 0 Å². The van der Waals surface area contributed by atoms with Crippen LogP contribution in [0.1, 0.15) is 30.5 Å². The van der Waals surface area contributed by atoms with Crippen molar-refractivity contribution < 1.29 is 4.74 Å². The topological polar surface area (TPSA) is 24.5 Å². The fraction of sp³-hybridized carbons (Fsp3) is 0.647. The van der Waals surface area contributed by atoms with Crippen molar-refractivity contribution in [1.82, 2.24) is 10.2 Å². The molecule has 1 unspecified atom stereocenters. The van der Waals surface area contributed by atoms with Gasteiger partial charge in [-0.3, -0.25) is 4.90 Å². The smallest absolute Gasteiger partial charge is 0.0635 e. The van der Waals surface area contributed by atoms with Crippen LogP contribution < -0.4 is 5.32 Å². The molecule has 1 heterocycles. The van der Waals surface area contributed by atoms with E-state index in [2.05, 4.69) is 56.1 Å². The summed E-state index contributed by atoms with van der Waals surface area (Å²) in [6, 6.07) is 7.81. The first kappa shape index (κ1) is 15.5. The van der Waals surface area contributed by atoms with Crippen molar-refractivity contribution in [2.75, 3.05) is 26.3 Å². The molecule has 0 aliphatic carbocycles. The van der Waals surface area contributed by atoms with Gasteiger partial charge in [0.1, 0.15) is 0 Å². The lowest BCUT2D eigenvalue weighted by molar-refractivity contribution is -0.0114. The van der Waals surface area contributed by atoms with E-state index in [1.54, 1.807) is 0 Å². The minimum Gasteiger partial charge on any atom is -0.378 e. The van der Waals surface area contributed by atoms with Crippen molar-refractivity contribution in [3.8, 4) is 0 Å². The van der Waals surface area contributed by atoms with Crippen molar-refractivity contribution in [2.45, 2.75) is 46.3 Å².